The Kier molecular flexibility index (Phi) is 8.10. The highest BCUT2D eigenvalue weighted by atomic mass is 19.4. The van der Waals surface area contributed by atoms with E-state index in [1.807, 2.05) is 61.5 Å². The van der Waals surface area contributed by atoms with Crippen molar-refractivity contribution in [2.24, 2.45) is 5.92 Å². The van der Waals surface area contributed by atoms with Crippen molar-refractivity contribution < 1.29 is 22.7 Å². The van der Waals surface area contributed by atoms with Crippen molar-refractivity contribution in [3.63, 3.8) is 0 Å². The highest BCUT2D eigenvalue weighted by Crippen LogP contribution is 2.40. The molecule has 0 saturated heterocycles. The van der Waals surface area contributed by atoms with E-state index in [0.717, 1.165) is 47.3 Å². The summed E-state index contributed by atoms with van der Waals surface area (Å²) in [5.41, 5.74) is 5.92. The van der Waals surface area contributed by atoms with Gasteiger partial charge in [-0.2, -0.15) is 5.10 Å². The molecule has 1 unspecified atom stereocenters. The van der Waals surface area contributed by atoms with Crippen molar-refractivity contribution in [2.45, 2.75) is 64.7 Å². The smallest absolute Gasteiger partial charge is 0.406 e. The molecule has 1 saturated carbocycles. The van der Waals surface area contributed by atoms with Crippen molar-refractivity contribution in [2.75, 3.05) is 0 Å². The lowest BCUT2D eigenvalue weighted by molar-refractivity contribution is -0.274. The van der Waals surface area contributed by atoms with Gasteiger partial charge in [0.05, 0.1) is 11.4 Å². The molecule has 1 aliphatic carbocycles. The molecule has 7 heteroatoms. The topological polar surface area (TPSA) is 44.1 Å². The number of carbonyl (C=O) groups is 1. The van der Waals surface area contributed by atoms with E-state index in [1.165, 1.54) is 30.5 Å². The molecule has 4 aromatic rings. The van der Waals surface area contributed by atoms with Crippen LogP contribution in [0.1, 0.15) is 77.0 Å². The molecular weight excluding hydrogens is 513 g/mol. The van der Waals surface area contributed by atoms with Crippen LogP contribution in [0.4, 0.5) is 13.2 Å². The predicted molar refractivity (Wildman–Crippen MR) is 149 cm³/mol. The average molecular weight is 547 g/mol. The molecule has 0 spiro atoms. The second-order valence-electron chi connectivity index (χ2n) is 10.6. The van der Waals surface area contributed by atoms with E-state index < -0.39 is 6.36 Å². The molecule has 1 aromatic heterocycles. The normalized spacial score (nSPS) is 14.2. The van der Waals surface area contributed by atoms with Crippen molar-refractivity contribution in [1.29, 1.82) is 0 Å². The van der Waals surface area contributed by atoms with Gasteiger partial charge in [-0.25, -0.2) is 4.68 Å². The maximum absolute atomic E-state index is 13.5. The number of halogens is 3. The van der Waals surface area contributed by atoms with Crippen LogP contribution in [0.15, 0.2) is 78.9 Å². The number of nitrogens with zero attached hydrogens (tertiary/aromatic N) is 2. The van der Waals surface area contributed by atoms with Gasteiger partial charge in [-0.1, -0.05) is 68.3 Å². The Morgan fingerprint density at radius 2 is 1.68 bits per heavy atom. The van der Waals surface area contributed by atoms with Gasteiger partial charge >= 0.3 is 6.36 Å². The fourth-order valence-electron chi connectivity index (χ4n) is 5.26. The Balaban J connectivity index is 1.41. The Bertz CT molecular complexity index is 1490. The second kappa shape index (κ2) is 11.7. The lowest BCUT2D eigenvalue weighted by Crippen LogP contribution is -2.17. The van der Waals surface area contributed by atoms with Gasteiger partial charge in [0.25, 0.3) is 0 Å². The maximum atomic E-state index is 13.5. The highest BCUT2D eigenvalue weighted by Gasteiger charge is 2.31. The van der Waals surface area contributed by atoms with Crippen LogP contribution in [0.2, 0.25) is 0 Å². The number of hydrogen-bond donors (Lipinski definition) is 0. The van der Waals surface area contributed by atoms with Crippen molar-refractivity contribution in [3.05, 3.63) is 113 Å². The minimum absolute atomic E-state index is 0.0465. The molecule has 0 N–H and O–H groups in total. The number of carbonyl (C=O) groups excluding carboxylic acids is 1. The summed E-state index contributed by atoms with van der Waals surface area (Å²) in [6.07, 6.45) is 0.561. The zero-order chi connectivity index (χ0) is 28.3. The van der Waals surface area contributed by atoms with Crippen LogP contribution in [0.5, 0.6) is 5.75 Å². The van der Waals surface area contributed by atoms with Crippen LogP contribution < -0.4 is 4.74 Å². The van der Waals surface area contributed by atoms with Gasteiger partial charge in [0.15, 0.2) is 5.78 Å². The van der Waals surface area contributed by atoms with E-state index >= 15 is 0 Å². The van der Waals surface area contributed by atoms with Crippen LogP contribution in [-0.4, -0.2) is 21.9 Å². The van der Waals surface area contributed by atoms with Gasteiger partial charge in [0, 0.05) is 12.3 Å². The summed E-state index contributed by atoms with van der Waals surface area (Å²) in [5.74, 6) is 0.312. The molecule has 0 amide bonds. The van der Waals surface area contributed by atoms with Crippen LogP contribution in [0, 0.1) is 12.8 Å². The molecule has 5 rings (SSSR count). The summed E-state index contributed by atoms with van der Waals surface area (Å²) in [7, 11) is 0. The Hall–Kier alpha value is -3.87. The molecular formula is C33H33F3N2O2. The summed E-state index contributed by atoms with van der Waals surface area (Å²) in [6.45, 7) is 3.96. The van der Waals surface area contributed by atoms with E-state index in [4.69, 9.17) is 0 Å². The molecule has 40 heavy (non-hydrogen) atoms. The van der Waals surface area contributed by atoms with E-state index in [-0.39, 0.29) is 23.9 Å². The molecule has 1 aliphatic rings. The molecule has 208 valence electrons. The number of ketones is 1. The van der Waals surface area contributed by atoms with Gasteiger partial charge in [-0.05, 0) is 84.7 Å². The first-order valence-electron chi connectivity index (χ1n) is 13.8. The predicted octanol–water partition coefficient (Wildman–Crippen LogP) is 8.39. The first-order valence-corrected chi connectivity index (χ1v) is 13.8. The number of alkyl halides is 3. The Morgan fingerprint density at radius 3 is 2.40 bits per heavy atom. The van der Waals surface area contributed by atoms with Crippen molar-refractivity contribution in [1.82, 2.24) is 9.78 Å². The van der Waals surface area contributed by atoms with Gasteiger partial charge in [-0.3, -0.25) is 4.79 Å². The standard InChI is InChI=1S/C33H33F3N2O2/c1-3-23-7-5-11-28(19-23)38-31(17-22(2)37-38)32(39)20-25-8-4-9-26(18-25)30(16-15-24-13-14-24)27-10-6-12-29(21-27)40-33(34,35)36/h4-12,17-19,21,24,30H,3,13-16,20H2,1-2H3. The largest absolute Gasteiger partial charge is 0.573 e. The number of benzene rings is 3. The number of hydrogen-bond acceptors (Lipinski definition) is 3. The van der Waals surface area contributed by atoms with Crippen molar-refractivity contribution in [3.8, 4) is 11.4 Å². The van der Waals surface area contributed by atoms with Crippen LogP contribution in [0.25, 0.3) is 5.69 Å². The summed E-state index contributed by atoms with van der Waals surface area (Å²) < 4.78 is 44.6. The lowest BCUT2D eigenvalue weighted by atomic mass is 9.85. The summed E-state index contributed by atoms with van der Waals surface area (Å²) >= 11 is 0. The number of aryl methyl sites for hydroxylation is 2. The minimum Gasteiger partial charge on any atom is -0.406 e. The van der Waals surface area contributed by atoms with E-state index in [2.05, 4.69) is 22.8 Å². The van der Waals surface area contributed by atoms with Gasteiger partial charge in [-0.15, -0.1) is 13.2 Å². The van der Waals surface area contributed by atoms with Crippen LogP contribution >= 0.6 is 0 Å². The molecule has 1 atom stereocenters. The first kappa shape index (κ1) is 27.7. The third kappa shape index (κ3) is 7.00. The monoisotopic (exact) mass is 546 g/mol. The quantitative estimate of drug-likeness (QED) is 0.178. The molecule has 1 heterocycles. The number of ether oxygens (including phenoxy) is 1. The molecule has 0 bridgehead atoms. The molecule has 3 aromatic carbocycles. The minimum atomic E-state index is -4.74. The fourth-order valence-corrected chi connectivity index (χ4v) is 5.26. The van der Waals surface area contributed by atoms with Gasteiger partial charge < -0.3 is 4.74 Å². The zero-order valence-electron chi connectivity index (χ0n) is 22.7. The van der Waals surface area contributed by atoms with E-state index in [0.29, 0.717) is 11.6 Å². The number of aromatic nitrogens is 2. The number of Topliss-reactive ketones (excluding diaryl/α,β-unsaturated/α-hetero) is 1. The second-order valence-corrected chi connectivity index (χ2v) is 10.6. The maximum Gasteiger partial charge on any atom is 0.573 e. The highest BCUT2D eigenvalue weighted by molar-refractivity contribution is 5.96. The van der Waals surface area contributed by atoms with Crippen LogP contribution in [0.3, 0.4) is 0 Å². The summed E-state index contributed by atoms with van der Waals surface area (Å²) in [5, 5.41) is 4.59. The molecule has 1 fully saturated rings. The average Bonchev–Trinajstić information content (AvgIpc) is 3.66. The third-order valence-electron chi connectivity index (χ3n) is 7.45. The molecule has 0 radical (unpaired) electrons. The fraction of sp³-hybridized carbons (Fsp3) is 0.333. The Labute approximate surface area is 232 Å². The van der Waals surface area contributed by atoms with E-state index in [9.17, 15) is 18.0 Å². The summed E-state index contributed by atoms with van der Waals surface area (Å²) in [6, 6.07) is 23.9. The zero-order valence-corrected chi connectivity index (χ0v) is 22.7. The molecule has 4 nitrogen and oxygen atoms in total. The first-order chi connectivity index (χ1) is 19.2. The van der Waals surface area contributed by atoms with Crippen molar-refractivity contribution >= 4 is 5.78 Å². The summed E-state index contributed by atoms with van der Waals surface area (Å²) in [4.78, 5) is 13.5. The SMILES string of the molecule is CCc1cccc(-n2nc(C)cc2C(=O)Cc2cccc(C(CCC3CC3)c3cccc(OC(F)(F)F)c3)c2)c1. The van der Waals surface area contributed by atoms with Gasteiger partial charge in [0.2, 0.25) is 0 Å². The lowest BCUT2D eigenvalue weighted by Gasteiger charge is -2.20. The van der Waals surface area contributed by atoms with Gasteiger partial charge in [0.1, 0.15) is 11.4 Å². The molecule has 0 aliphatic heterocycles. The van der Waals surface area contributed by atoms with E-state index in [1.54, 1.807) is 10.7 Å². The third-order valence-corrected chi connectivity index (χ3v) is 7.45. The number of rotatable bonds is 11. The van der Waals surface area contributed by atoms with Crippen LogP contribution in [-0.2, 0) is 12.8 Å². The Morgan fingerprint density at radius 1 is 0.975 bits per heavy atom.